The molecule has 1 aromatic carbocycles. The average molecular weight is 892 g/mol. The molecule has 1 aromatic heterocycles. The molecule has 4 heterocycles. The smallest absolute Gasteiger partial charge is 0.437 e. The summed E-state index contributed by atoms with van der Waals surface area (Å²) in [6.45, 7) is 1.98. The van der Waals surface area contributed by atoms with Crippen LogP contribution in [0.15, 0.2) is 30.4 Å². The molecule has 3 fully saturated rings. The van der Waals surface area contributed by atoms with E-state index < -0.39 is 116 Å². The Morgan fingerprint density at radius 2 is 1.77 bits per heavy atom. The topological polar surface area (TPSA) is 175 Å². The Morgan fingerprint density at radius 1 is 1.07 bits per heavy atom. The molecule has 0 bridgehead atoms. The van der Waals surface area contributed by atoms with Gasteiger partial charge in [0.15, 0.2) is 11.4 Å². The maximum absolute atomic E-state index is 14.9. The zero-order valence-corrected chi connectivity index (χ0v) is 34.4. The Balaban J connectivity index is 1.33. The van der Waals surface area contributed by atoms with Crippen molar-refractivity contribution in [2.45, 2.75) is 137 Å². The number of aromatic nitrogens is 1. The molecule has 5 aliphatic rings. The first kappa shape index (κ1) is 43.7. The number of nitrogens with one attached hydrogen (secondary N) is 2. The SMILES string of the molecule is CC(C)(N(C(=O)O)[C@H]1CCCCC/C=C\[C@@H]2C[C@@]2(C(=O)NS(=O)(=O)C2(C)CC2)NC(=O)[C@@H]2C[C@]3(CCc4c(c(C(F)(F)F)nc5ccc(Cl)cc45)O3)CN2C1=O)C(F)(F)F. The molecule has 21 heteroatoms. The number of aryl methyl sites for hydroxylation is 1. The fraction of sp³-hybridized carbons (Fsp3) is 0.615. The molecule has 1 spiro atoms. The maximum atomic E-state index is 14.9. The molecule has 3 N–H and O–H groups in total. The summed E-state index contributed by atoms with van der Waals surface area (Å²) in [5.74, 6) is -4.76. The molecule has 4 amide bonds. The second kappa shape index (κ2) is 14.7. The van der Waals surface area contributed by atoms with Crippen molar-refractivity contribution in [1.29, 1.82) is 0 Å². The summed E-state index contributed by atoms with van der Waals surface area (Å²) in [6.07, 6.45) is -8.37. The van der Waals surface area contributed by atoms with Crippen LogP contribution >= 0.6 is 11.6 Å². The van der Waals surface area contributed by atoms with Gasteiger partial charge in [-0.05, 0) is 90.3 Å². The highest BCUT2D eigenvalue weighted by Gasteiger charge is 2.65. The predicted molar refractivity (Wildman–Crippen MR) is 203 cm³/mol. The van der Waals surface area contributed by atoms with E-state index >= 15 is 0 Å². The summed E-state index contributed by atoms with van der Waals surface area (Å²) in [5.41, 5.74) is -8.13. The van der Waals surface area contributed by atoms with Crippen LogP contribution in [-0.4, -0.2) is 98.4 Å². The molecule has 0 radical (unpaired) electrons. The molecule has 2 saturated carbocycles. The van der Waals surface area contributed by atoms with Crippen LogP contribution in [0.25, 0.3) is 10.9 Å². The Kier molecular flexibility index (Phi) is 10.7. The molecule has 2 aliphatic carbocycles. The van der Waals surface area contributed by atoms with Crippen molar-refractivity contribution in [2.75, 3.05) is 6.54 Å². The van der Waals surface area contributed by atoms with E-state index in [1.165, 1.54) is 25.1 Å². The van der Waals surface area contributed by atoms with Crippen molar-refractivity contribution in [3.8, 4) is 5.75 Å². The molecule has 1 saturated heterocycles. The number of carbonyl (C=O) groups excluding carboxylic acids is 3. The normalized spacial score (nSPS) is 28.9. The van der Waals surface area contributed by atoms with E-state index in [1.807, 2.05) is 0 Å². The van der Waals surface area contributed by atoms with Crippen LogP contribution in [0.3, 0.4) is 0 Å². The zero-order valence-electron chi connectivity index (χ0n) is 32.8. The van der Waals surface area contributed by atoms with Crippen molar-refractivity contribution < 1.29 is 63.8 Å². The summed E-state index contributed by atoms with van der Waals surface area (Å²) >= 11 is 6.21. The van der Waals surface area contributed by atoms with Crippen molar-refractivity contribution in [3.05, 3.63) is 46.6 Å². The van der Waals surface area contributed by atoms with Crippen LogP contribution in [0.2, 0.25) is 5.02 Å². The monoisotopic (exact) mass is 891 g/mol. The molecule has 7 rings (SSSR count). The van der Waals surface area contributed by atoms with Gasteiger partial charge < -0.3 is 20.1 Å². The number of nitrogens with zero attached hydrogens (tertiary/aromatic N) is 3. The number of ether oxygens (including phenoxy) is 1. The number of sulfonamides is 1. The Labute approximate surface area is 346 Å². The molecule has 5 atom stereocenters. The number of benzene rings is 1. The fourth-order valence-corrected chi connectivity index (χ4v) is 10.2. The maximum Gasteiger partial charge on any atom is 0.437 e. The van der Waals surface area contributed by atoms with E-state index in [-0.39, 0.29) is 64.9 Å². The number of hydrogen-bond acceptors (Lipinski definition) is 8. The van der Waals surface area contributed by atoms with Crippen molar-refractivity contribution in [3.63, 3.8) is 0 Å². The van der Waals surface area contributed by atoms with Crippen molar-refractivity contribution in [1.82, 2.24) is 24.8 Å². The molecular formula is C39H44ClF6N5O8S. The third-order valence-corrected chi connectivity index (χ3v) is 15.2. The summed E-state index contributed by atoms with van der Waals surface area (Å²) in [6, 6.07) is 0.331. The fourth-order valence-electron chi connectivity index (χ4n) is 8.68. The van der Waals surface area contributed by atoms with Crippen LogP contribution in [-0.2, 0) is 37.0 Å². The first-order chi connectivity index (χ1) is 27.8. The van der Waals surface area contributed by atoms with Crippen LogP contribution in [0, 0.1) is 5.92 Å². The summed E-state index contributed by atoms with van der Waals surface area (Å²) < 4.78 is 121. The lowest BCUT2D eigenvalue weighted by Crippen LogP contribution is -2.65. The van der Waals surface area contributed by atoms with E-state index in [1.54, 1.807) is 12.2 Å². The lowest BCUT2D eigenvalue weighted by atomic mass is 9.87. The van der Waals surface area contributed by atoms with E-state index in [0.29, 0.717) is 33.1 Å². The molecule has 13 nitrogen and oxygen atoms in total. The van der Waals surface area contributed by atoms with Gasteiger partial charge in [0.05, 0.1) is 16.8 Å². The standard InChI is InChI=1S/C39H44ClF6N5O8S/c1-34(2,39(44,45)46)51(33(55)56)26-10-8-6-4-5-7-9-21-18-37(21,32(54)49-60(57,58)35(3)15-16-35)48-30(52)27-19-36(20-50(27)31(26)53)14-13-23-24-17-22(40)11-12-25(24)47-29(28(23)59-36)38(41,42)43/h7,9,11-12,17,21,26-27H,4-6,8,10,13-16,18-20H2,1-3H3,(H,48,52)(H,49,54)(H,55,56)/b9-7-/t21-,26+,27+,36-,37-/m1/s1. The Morgan fingerprint density at radius 3 is 2.40 bits per heavy atom. The highest BCUT2D eigenvalue weighted by molar-refractivity contribution is 7.91. The zero-order chi connectivity index (χ0) is 44.0. The first-order valence-electron chi connectivity index (χ1n) is 19.6. The first-order valence-corrected chi connectivity index (χ1v) is 21.5. The molecule has 3 aliphatic heterocycles. The second-order valence-electron chi connectivity index (χ2n) is 17.3. The van der Waals surface area contributed by atoms with Crippen LogP contribution in [0.5, 0.6) is 5.75 Å². The van der Waals surface area contributed by atoms with E-state index in [0.717, 1.165) is 4.90 Å². The number of carboxylic acid groups (broad SMARTS) is 1. The second-order valence-corrected chi connectivity index (χ2v) is 20.0. The van der Waals surface area contributed by atoms with Gasteiger partial charge in [0.25, 0.3) is 5.91 Å². The minimum atomic E-state index is -5.18. The third-order valence-electron chi connectivity index (χ3n) is 12.8. The molecule has 0 unspecified atom stereocenters. The van der Waals surface area contributed by atoms with Crippen molar-refractivity contribution >= 4 is 56.3 Å². The van der Waals surface area contributed by atoms with Gasteiger partial charge in [0.1, 0.15) is 28.8 Å². The highest BCUT2D eigenvalue weighted by Crippen LogP contribution is 2.51. The molecular weight excluding hydrogens is 848 g/mol. The van der Waals surface area contributed by atoms with E-state index in [2.05, 4.69) is 15.0 Å². The lowest BCUT2D eigenvalue weighted by Gasteiger charge is -2.43. The number of halogens is 7. The number of fused-ring (bicyclic) bond motifs is 5. The van der Waals surface area contributed by atoms with Gasteiger partial charge in [-0.1, -0.05) is 36.6 Å². The average Bonchev–Trinajstić information content (AvgIpc) is 4.03. The summed E-state index contributed by atoms with van der Waals surface area (Å²) in [7, 11) is -4.21. The van der Waals surface area contributed by atoms with Crippen LogP contribution < -0.4 is 14.8 Å². The number of alkyl halides is 6. The van der Waals surface area contributed by atoms with Crippen LogP contribution in [0.4, 0.5) is 31.1 Å². The molecule has 2 aromatic rings. The van der Waals surface area contributed by atoms with E-state index in [9.17, 15) is 59.0 Å². The third kappa shape index (κ3) is 7.63. The van der Waals surface area contributed by atoms with E-state index in [4.69, 9.17) is 16.3 Å². The van der Waals surface area contributed by atoms with Crippen LogP contribution in [0.1, 0.15) is 96.2 Å². The Hall–Kier alpha value is -4.33. The van der Waals surface area contributed by atoms with Gasteiger partial charge in [-0.3, -0.25) is 24.0 Å². The van der Waals surface area contributed by atoms with Gasteiger partial charge in [0.2, 0.25) is 21.8 Å². The minimum absolute atomic E-state index is 0.00104. The molecule has 60 heavy (non-hydrogen) atoms. The van der Waals surface area contributed by atoms with Gasteiger partial charge in [-0.2, -0.15) is 26.3 Å². The molecule has 328 valence electrons. The number of hydrogen-bond donors (Lipinski definition) is 3. The summed E-state index contributed by atoms with van der Waals surface area (Å²) in [5, 5.41) is 13.4. The van der Waals surface area contributed by atoms with Gasteiger partial charge in [0, 0.05) is 28.3 Å². The number of allylic oxidation sites excluding steroid dienone is 1. The Bertz CT molecular complexity index is 2290. The minimum Gasteiger partial charge on any atom is -0.483 e. The lowest BCUT2D eigenvalue weighted by molar-refractivity contribution is -0.220. The highest BCUT2D eigenvalue weighted by atomic mass is 35.5. The van der Waals surface area contributed by atoms with Gasteiger partial charge in [-0.25, -0.2) is 18.2 Å². The van der Waals surface area contributed by atoms with Crippen molar-refractivity contribution in [2.24, 2.45) is 5.92 Å². The van der Waals surface area contributed by atoms with Gasteiger partial charge in [-0.15, -0.1) is 0 Å². The number of carbonyl (C=O) groups is 4. The van der Waals surface area contributed by atoms with Gasteiger partial charge >= 0.3 is 18.4 Å². The summed E-state index contributed by atoms with van der Waals surface area (Å²) in [4.78, 5) is 60.9. The predicted octanol–water partition coefficient (Wildman–Crippen LogP) is 6.65. The largest absolute Gasteiger partial charge is 0.483 e. The number of amides is 4. The number of rotatable bonds is 5. The quantitative estimate of drug-likeness (QED) is 0.219. The number of pyridine rings is 1.